The van der Waals surface area contributed by atoms with Gasteiger partial charge in [-0.1, -0.05) is 6.07 Å². The molecule has 5 heterocycles. The predicted molar refractivity (Wildman–Crippen MR) is 142 cm³/mol. The lowest BCUT2D eigenvalue weighted by Crippen LogP contribution is -2.38. The van der Waals surface area contributed by atoms with Crippen LogP contribution in [0.3, 0.4) is 0 Å². The van der Waals surface area contributed by atoms with Crippen molar-refractivity contribution in [2.75, 3.05) is 51.3 Å². The second-order valence-electron chi connectivity index (χ2n) is 11.2. The zero-order valence-electron chi connectivity index (χ0n) is 22.2. The highest BCUT2D eigenvalue weighted by molar-refractivity contribution is 5.72. The molecule has 6 rings (SSSR count). The number of nitrogens with zero attached hydrogens (tertiary/aromatic N) is 6. The number of aromatic nitrogens is 3. The normalized spacial score (nSPS) is 21.6. The van der Waals surface area contributed by atoms with Crippen molar-refractivity contribution in [1.29, 1.82) is 0 Å². The van der Waals surface area contributed by atoms with Crippen molar-refractivity contribution < 1.29 is 13.5 Å². The van der Waals surface area contributed by atoms with Crippen LogP contribution in [0.25, 0.3) is 11.3 Å². The molecule has 1 aromatic carbocycles. The van der Waals surface area contributed by atoms with Crippen LogP contribution in [0.1, 0.15) is 30.9 Å². The van der Waals surface area contributed by atoms with Crippen molar-refractivity contribution in [3.05, 3.63) is 65.4 Å². The maximum Gasteiger partial charge on any atom is 0.178 e. The van der Waals surface area contributed by atoms with Gasteiger partial charge in [0.25, 0.3) is 0 Å². The Bertz CT molecular complexity index is 1300. The standard InChI is InChI=1S/C29H34F2N6O/c1-18(2)37-6-7-38-29-24(30)8-20(9-26(29)37)28-25(31)12-33-27(34-28)10-23-5-4-19(11-32-23)13-36-16-21-14-35(3)15-22(21)17-36/h4-5,8-9,11-12,18,21-22H,6-7,10,13-17H2,1-3H3. The van der Waals surface area contributed by atoms with Crippen LogP contribution in [-0.4, -0.2) is 77.2 Å². The Morgan fingerprint density at radius 2 is 1.79 bits per heavy atom. The monoisotopic (exact) mass is 520 g/mol. The lowest BCUT2D eigenvalue weighted by atomic mass is 10.0. The number of likely N-dealkylation sites (tertiary alicyclic amines) is 2. The first-order valence-corrected chi connectivity index (χ1v) is 13.4. The average Bonchev–Trinajstić information content (AvgIpc) is 3.42. The Balaban J connectivity index is 1.17. The van der Waals surface area contributed by atoms with Gasteiger partial charge >= 0.3 is 0 Å². The van der Waals surface area contributed by atoms with Crippen LogP contribution in [0, 0.1) is 23.5 Å². The molecule has 200 valence electrons. The summed E-state index contributed by atoms with van der Waals surface area (Å²) in [5.74, 6) is 1.09. The summed E-state index contributed by atoms with van der Waals surface area (Å²) in [5, 5.41) is 0. The van der Waals surface area contributed by atoms with Crippen molar-refractivity contribution in [3.8, 4) is 17.0 Å². The van der Waals surface area contributed by atoms with Crippen molar-refractivity contribution >= 4 is 5.69 Å². The summed E-state index contributed by atoms with van der Waals surface area (Å²) in [6.07, 6.45) is 3.43. The first kappa shape index (κ1) is 25.1. The van der Waals surface area contributed by atoms with Gasteiger partial charge in [0.05, 0.1) is 24.8 Å². The SMILES string of the molecule is CC(C)N1CCOc2c(F)cc(-c3nc(Cc4ccc(CN5CC6CN(C)CC6C5)cn4)ncc3F)cc21. The third-order valence-corrected chi connectivity index (χ3v) is 7.98. The topological polar surface area (TPSA) is 57.6 Å². The largest absolute Gasteiger partial charge is 0.486 e. The fourth-order valence-electron chi connectivity index (χ4n) is 6.19. The van der Waals surface area contributed by atoms with E-state index in [1.165, 1.54) is 24.7 Å². The first-order chi connectivity index (χ1) is 18.3. The van der Waals surface area contributed by atoms with Crippen molar-refractivity contribution in [2.24, 2.45) is 11.8 Å². The lowest BCUT2D eigenvalue weighted by Gasteiger charge is -2.34. The summed E-state index contributed by atoms with van der Waals surface area (Å²) in [5.41, 5.74) is 3.05. The molecule has 0 amide bonds. The van der Waals surface area contributed by atoms with E-state index in [-0.39, 0.29) is 17.5 Å². The number of hydrogen-bond donors (Lipinski definition) is 0. The summed E-state index contributed by atoms with van der Waals surface area (Å²) >= 11 is 0. The van der Waals surface area contributed by atoms with Gasteiger partial charge in [0.2, 0.25) is 0 Å². The zero-order valence-corrected chi connectivity index (χ0v) is 22.2. The quantitative estimate of drug-likeness (QED) is 0.487. The van der Waals surface area contributed by atoms with Gasteiger partial charge in [0, 0.05) is 56.2 Å². The van der Waals surface area contributed by atoms with Crippen LogP contribution in [0.15, 0.2) is 36.7 Å². The van der Waals surface area contributed by atoms with E-state index < -0.39 is 11.6 Å². The fraction of sp³-hybridized carbons (Fsp3) is 0.483. The van der Waals surface area contributed by atoms with Gasteiger partial charge in [-0.3, -0.25) is 9.88 Å². The van der Waals surface area contributed by atoms with Crippen molar-refractivity contribution in [3.63, 3.8) is 0 Å². The molecular formula is C29H34F2N6O. The van der Waals surface area contributed by atoms with Gasteiger partial charge in [-0.2, -0.15) is 0 Å². The van der Waals surface area contributed by atoms with Gasteiger partial charge in [0.15, 0.2) is 17.4 Å². The lowest BCUT2D eigenvalue weighted by molar-refractivity contribution is 0.272. The molecule has 2 saturated heterocycles. The summed E-state index contributed by atoms with van der Waals surface area (Å²) in [6, 6.07) is 7.29. The molecule has 0 radical (unpaired) electrons. The highest BCUT2D eigenvalue weighted by Gasteiger charge is 2.38. The number of anilines is 1. The number of halogens is 2. The maximum absolute atomic E-state index is 15.0. The van der Waals surface area contributed by atoms with Gasteiger partial charge in [-0.15, -0.1) is 0 Å². The molecule has 3 aliphatic rings. The number of fused-ring (bicyclic) bond motifs is 2. The minimum Gasteiger partial charge on any atom is -0.486 e. The highest BCUT2D eigenvalue weighted by atomic mass is 19.1. The van der Waals surface area contributed by atoms with E-state index in [1.54, 1.807) is 6.07 Å². The Hall–Kier alpha value is -3.17. The minimum absolute atomic E-state index is 0.0767. The molecule has 9 heteroatoms. The van der Waals surface area contributed by atoms with Crippen LogP contribution in [0.4, 0.5) is 14.5 Å². The second kappa shape index (κ2) is 10.2. The molecule has 3 aliphatic heterocycles. The molecule has 0 bridgehead atoms. The van der Waals surface area contributed by atoms with Crippen LogP contribution in [0.2, 0.25) is 0 Å². The smallest absolute Gasteiger partial charge is 0.178 e. The third-order valence-electron chi connectivity index (χ3n) is 7.98. The van der Waals surface area contributed by atoms with E-state index in [2.05, 4.69) is 42.8 Å². The molecule has 2 fully saturated rings. The third kappa shape index (κ3) is 4.97. The molecule has 7 nitrogen and oxygen atoms in total. The molecule has 2 unspecified atom stereocenters. The Labute approximate surface area is 222 Å². The summed E-state index contributed by atoms with van der Waals surface area (Å²) in [7, 11) is 2.21. The summed E-state index contributed by atoms with van der Waals surface area (Å²) in [6.45, 7) is 10.7. The van der Waals surface area contributed by atoms with Gasteiger partial charge < -0.3 is 14.5 Å². The van der Waals surface area contributed by atoms with Gasteiger partial charge in [0.1, 0.15) is 18.1 Å². The summed E-state index contributed by atoms with van der Waals surface area (Å²) in [4.78, 5) is 20.3. The Morgan fingerprint density at radius 1 is 1.00 bits per heavy atom. The van der Waals surface area contributed by atoms with Crippen LogP contribution < -0.4 is 9.64 Å². The van der Waals surface area contributed by atoms with E-state index in [9.17, 15) is 8.78 Å². The molecule has 0 spiro atoms. The molecule has 0 aliphatic carbocycles. The molecule has 3 aromatic rings. The fourth-order valence-corrected chi connectivity index (χ4v) is 6.19. The first-order valence-electron chi connectivity index (χ1n) is 13.4. The van der Waals surface area contributed by atoms with Crippen LogP contribution >= 0.6 is 0 Å². The number of benzene rings is 1. The Kier molecular flexibility index (Phi) is 6.74. The summed E-state index contributed by atoms with van der Waals surface area (Å²) < 4.78 is 35.4. The highest BCUT2D eigenvalue weighted by Crippen LogP contribution is 2.39. The maximum atomic E-state index is 15.0. The molecule has 0 N–H and O–H groups in total. The van der Waals surface area contributed by atoms with Crippen LogP contribution in [-0.2, 0) is 13.0 Å². The number of pyridine rings is 1. The van der Waals surface area contributed by atoms with E-state index in [4.69, 9.17) is 4.74 Å². The zero-order chi connectivity index (χ0) is 26.4. The van der Waals surface area contributed by atoms with E-state index in [0.717, 1.165) is 43.4 Å². The number of hydrogen-bond acceptors (Lipinski definition) is 7. The molecule has 0 saturated carbocycles. The molecule has 2 aromatic heterocycles. The average molecular weight is 521 g/mol. The number of rotatable bonds is 6. The predicted octanol–water partition coefficient (Wildman–Crippen LogP) is 4.01. The van der Waals surface area contributed by atoms with Gasteiger partial charge in [-0.25, -0.2) is 18.7 Å². The van der Waals surface area contributed by atoms with Crippen molar-refractivity contribution in [1.82, 2.24) is 24.8 Å². The Morgan fingerprint density at radius 3 is 2.50 bits per heavy atom. The van der Waals surface area contributed by atoms with Crippen LogP contribution in [0.5, 0.6) is 5.75 Å². The number of ether oxygens (including phenoxy) is 1. The molecular weight excluding hydrogens is 486 g/mol. The van der Waals surface area contributed by atoms with Crippen molar-refractivity contribution in [2.45, 2.75) is 32.9 Å². The molecule has 38 heavy (non-hydrogen) atoms. The van der Waals surface area contributed by atoms with E-state index in [1.807, 2.05) is 26.1 Å². The molecule has 2 atom stereocenters. The van der Waals surface area contributed by atoms with E-state index in [0.29, 0.717) is 36.6 Å². The minimum atomic E-state index is -0.592. The second-order valence-corrected chi connectivity index (χ2v) is 11.2. The van der Waals surface area contributed by atoms with E-state index >= 15 is 0 Å². The van der Waals surface area contributed by atoms with Gasteiger partial charge in [-0.05, 0) is 56.5 Å².